The van der Waals surface area contributed by atoms with E-state index in [9.17, 15) is 4.79 Å². The summed E-state index contributed by atoms with van der Waals surface area (Å²) < 4.78 is 0. The minimum atomic E-state index is -0.392. The molecule has 4 nitrogen and oxygen atoms in total. The Morgan fingerprint density at radius 1 is 1.65 bits per heavy atom. The van der Waals surface area contributed by atoms with E-state index in [0.29, 0.717) is 6.54 Å². The number of pyridine rings is 1. The van der Waals surface area contributed by atoms with Gasteiger partial charge in [-0.1, -0.05) is 6.07 Å². The third-order valence-electron chi connectivity index (χ3n) is 2.41. The third-order valence-corrected chi connectivity index (χ3v) is 3.05. The standard InChI is InChI=1S/C12H19N3OS/c1-17-8-5-11(13)12(16)15-7-4-10-3-2-6-14-9-10/h2-3,6,9,11H,4-5,7-8,13H2,1H3,(H,15,16)/t11-/m1/s1. The van der Waals surface area contributed by atoms with Gasteiger partial charge in [0.05, 0.1) is 6.04 Å². The number of nitrogens with two attached hydrogens (primary N) is 1. The number of nitrogens with zero attached hydrogens (tertiary/aromatic N) is 1. The van der Waals surface area contributed by atoms with Gasteiger partial charge in [-0.25, -0.2) is 0 Å². The summed E-state index contributed by atoms with van der Waals surface area (Å²) in [6, 6.07) is 3.49. The SMILES string of the molecule is CSCC[C@@H](N)C(=O)NCCc1cccnc1. The van der Waals surface area contributed by atoms with Crippen LogP contribution < -0.4 is 11.1 Å². The fraction of sp³-hybridized carbons (Fsp3) is 0.500. The van der Waals surface area contributed by atoms with Gasteiger partial charge in [0, 0.05) is 18.9 Å². The second-order valence-corrected chi connectivity index (χ2v) is 4.78. The summed E-state index contributed by atoms with van der Waals surface area (Å²) in [5, 5.41) is 2.84. The number of carbonyl (C=O) groups excluding carboxylic acids is 1. The molecule has 1 heterocycles. The van der Waals surface area contributed by atoms with E-state index in [1.165, 1.54) is 0 Å². The summed E-state index contributed by atoms with van der Waals surface area (Å²) in [6.07, 6.45) is 7.06. The van der Waals surface area contributed by atoms with Crippen molar-refractivity contribution in [2.24, 2.45) is 5.73 Å². The van der Waals surface area contributed by atoms with E-state index in [4.69, 9.17) is 5.73 Å². The Balaban J connectivity index is 2.20. The molecule has 94 valence electrons. The van der Waals surface area contributed by atoms with Gasteiger partial charge in [-0.15, -0.1) is 0 Å². The van der Waals surface area contributed by atoms with Gasteiger partial charge in [-0.3, -0.25) is 9.78 Å². The number of aromatic nitrogens is 1. The monoisotopic (exact) mass is 253 g/mol. The maximum Gasteiger partial charge on any atom is 0.236 e. The Morgan fingerprint density at radius 2 is 2.47 bits per heavy atom. The Labute approximate surface area is 106 Å². The molecule has 1 rings (SSSR count). The van der Waals surface area contributed by atoms with Crippen LogP contribution >= 0.6 is 11.8 Å². The zero-order valence-electron chi connectivity index (χ0n) is 10.1. The second-order valence-electron chi connectivity index (χ2n) is 3.79. The fourth-order valence-corrected chi connectivity index (χ4v) is 1.87. The van der Waals surface area contributed by atoms with Crippen LogP contribution in [0.25, 0.3) is 0 Å². The van der Waals surface area contributed by atoms with Crippen molar-refractivity contribution >= 4 is 17.7 Å². The van der Waals surface area contributed by atoms with Crippen molar-refractivity contribution in [3.05, 3.63) is 30.1 Å². The van der Waals surface area contributed by atoms with E-state index >= 15 is 0 Å². The molecule has 17 heavy (non-hydrogen) atoms. The van der Waals surface area contributed by atoms with Crippen LogP contribution in [-0.2, 0) is 11.2 Å². The molecule has 0 saturated heterocycles. The van der Waals surface area contributed by atoms with Gasteiger partial charge in [0.15, 0.2) is 0 Å². The molecule has 1 atom stereocenters. The number of nitrogens with one attached hydrogen (secondary N) is 1. The molecule has 0 radical (unpaired) electrons. The highest BCUT2D eigenvalue weighted by Crippen LogP contribution is 1.99. The van der Waals surface area contributed by atoms with E-state index in [0.717, 1.165) is 24.2 Å². The molecular formula is C12H19N3OS. The van der Waals surface area contributed by atoms with Crippen molar-refractivity contribution < 1.29 is 4.79 Å². The average molecular weight is 253 g/mol. The number of hydrogen-bond acceptors (Lipinski definition) is 4. The van der Waals surface area contributed by atoms with Crippen LogP contribution in [0, 0.1) is 0 Å². The highest BCUT2D eigenvalue weighted by atomic mass is 32.2. The zero-order valence-corrected chi connectivity index (χ0v) is 10.9. The molecule has 0 aliphatic carbocycles. The lowest BCUT2D eigenvalue weighted by Crippen LogP contribution is -2.41. The Morgan fingerprint density at radius 3 is 3.12 bits per heavy atom. The van der Waals surface area contributed by atoms with Crippen molar-refractivity contribution in [2.45, 2.75) is 18.9 Å². The molecule has 0 unspecified atom stereocenters. The van der Waals surface area contributed by atoms with Crippen molar-refractivity contribution in [1.82, 2.24) is 10.3 Å². The molecule has 0 bridgehead atoms. The number of rotatable bonds is 7. The Hall–Kier alpha value is -1.07. The van der Waals surface area contributed by atoms with E-state index in [2.05, 4.69) is 10.3 Å². The molecule has 1 amide bonds. The first-order valence-corrected chi connectivity index (χ1v) is 7.04. The number of amides is 1. The second kappa shape index (κ2) is 8.08. The van der Waals surface area contributed by atoms with Crippen LogP contribution in [-0.4, -0.2) is 35.5 Å². The van der Waals surface area contributed by atoms with Crippen LogP contribution in [0.3, 0.4) is 0 Å². The van der Waals surface area contributed by atoms with Crippen molar-refractivity contribution in [3.8, 4) is 0 Å². The molecule has 0 aliphatic heterocycles. The first kappa shape index (κ1) is 14.0. The van der Waals surface area contributed by atoms with Gasteiger partial charge in [0.2, 0.25) is 5.91 Å². The molecule has 0 saturated carbocycles. The van der Waals surface area contributed by atoms with Crippen LogP contribution in [0.4, 0.5) is 0 Å². The van der Waals surface area contributed by atoms with Gasteiger partial charge in [0.25, 0.3) is 0 Å². The summed E-state index contributed by atoms with van der Waals surface area (Å²) in [4.78, 5) is 15.6. The van der Waals surface area contributed by atoms with Gasteiger partial charge >= 0.3 is 0 Å². The maximum atomic E-state index is 11.6. The van der Waals surface area contributed by atoms with E-state index in [1.54, 1.807) is 24.2 Å². The van der Waals surface area contributed by atoms with Crippen LogP contribution in [0.1, 0.15) is 12.0 Å². The van der Waals surface area contributed by atoms with Gasteiger partial charge < -0.3 is 11.1 Å². The van der Waals surface area contributed by atoms with E-state index < -0.39 is 6.04 Å². The Bertz CT molecular complexity index is 332. The molecule has 3 N–H and O–H groups in total. The molecule has 0 aromatic carbocycles. The lowest BCUT2D eigenvalue weighted by atomic mass is 10.2. The average Bonchev–Trinajstić information content (AvgIpc) is 2.37. The smallest absolute Gasteiger partial charge is 0.236 e. The molecule has 0 spiro atoms. The fourth-order valence-electron chi connectivity index (χ4n) is 1.38. The lowest BCUT2D eigenvalue weighted by molar-refractivity contribution is -0.122. The quantitative estimate of drug-likeness (QED) is 0.755. The van der Waals surface area contributed by atoms with Crippen LogP contribution in [0.2, 0.25) is 0 Å². The summed E-state index contributed by atoms with van der Waals surface area (Å²) in [6.45, 7) is 0.609. The first-order chi connectivity index (χ1) is 8.24. The van der Waals surface area contributed by atoms with Gasteiger partial charge in [-0.2, -0.15) is 11.8 Å². The minimum absolute atomic E-state index is 0.0667. The lowest BCUT2D eigenvalue weighted by Gasteiger charge is -2.11. The molecule has 5 heteroatoms. The van der Waals surface area contributed by atoms with Gasteiger partial charge in [0.1, 0.15) is 0 Å². The van der Waals surface area contributed by atoms with Crippen molar-refractivity contribution in [3.63, 3.8) is 0 Å². The van der Waals surface area contributed by atoms with E-state index in [-0.39, 0.29) is 5.91 Å². The number of hydrogen-bond donors (Lipinski definition) is 2. The molecule has 1 aromatic rings. The largest absolute Gasteiger partial charge is 0.354 e. The first-order valence-electron chi connectivity index (χ1n) is 5.65. The van der Waals surface area contributed by atoms with Crippen LogP contribution in [0.15, 0.2) is 24.5 Å². The summed E-state index contributed by atoms with van der Waals surface area (Å²) >= 11 is 1.70. The van der Waals surface area contributed by atoms with Crippen molar-refractivity contribution in [2.75, 3.05) is 18.6 Å². The predicted molar refractivity (Wildman–Crippen MR) is 71.9 cm³/mol. The molecule has 0 aliphatic rings. The molecular weight excluding hydrogens is 234 g/mol. The number of thioether (sulfide) groups is 1. The summed E-state index contributed by atoms with van der Waals surface area (Å²) in [5.41, 5.74) is 6.86. The van der Waals surface area contributed by atoms with Gasteiger partial charge in [-0.05, 0) is 36.5 Å². The minimum Gasteiger partial charge on any atom is -0.354 e. The predicted octanol–water partition coefficient (Wildman–Crippen LogP) is 0.821. The maximum absolute atomic E-state index is 11.6. The normalized spacial score (nSPS) is 12.1. The van der Waals surface area contributed by atoms with Crippen molar-refractivity contribution in [1.29, 1.82) is 0 Å². The van der Waals surface area contributed by atoms with Crippen LogP contribution in [0.5, 0.6) is 0 Å². The summed E-state index contributed by atoms with van der Waals surface area (Å²) in [5.74, 6) is 0.847. The number of carbonyl (C=O) groups is 1. The highest BCUT2D eigenvalue weighted by Gasteiger charge is 2.11. The highest BCUT2D eigenvalue weighted by molar-refractivity contribution is 7.98. The summed E-state index contributed by atoms with van der Waals surface area (Å²) in [7, 11) is 0. The third kappa shape index (κ3) is 5.70. The zero-order chi connectivity index (χ0) is 12.5. The molecule has 0 fully saturated rings. The Kier molecular flexibility index (Phi) is 6.65. The van der Waals surface area contributed by atoms with E-state index in [1.807, 2.05) is 18.4 Å². The topological polar surface area (TPSA) is 68.0 Å². The molecule has 1 aromatic heterocycles.